The third kappa shape index (κ3) is 2.51. The van der Waals surface area contributed by atoms with Crippen LogP contribution in [0.2, 0.25) is 0 Å². The second kappa shape index (κ2) is 5.44. The first kappa shape index (κ1) is 14.0. The quantitative estimate of drug-likeness (QED) is 0.944. The Bertz CT molecular complexity index is 668. The van der Waals surface area contributed by atoms with Gasteiger partial charge in [0.2, 0.25) is 5.13 Å². The molecule has 1 unspecified atom stereocenters. The van der Waals surface area contributed by atoms with Gasteiger partial charge in [-0.25, -0.2) is 9.78 Å². The third-order valence-electron chi connectivity index (χ3n) is 3.71. The number of carbonyl (C=O) groups is 1. The fourth-order valence-electron chi connectivity index (χ4n) is 2.62. The number of carboxylic acids is 1. The molecule has 0 aliphatic carbocycles. The molecule has 0 saturated heterocycles. The molecule has 0 spiro atoms. The summed E-state index contributed by atoms with van der Waals surface area (Å²) >= 11 is 1.28. The molecule has 2 heterocycles. The summed E-state index contributed by atoms with van der Waals surface area (Å²) in [6.45, 7) is 4.72. The van der Waals surface area contributed by atoms with E-state index in [1.54, 1.807) is 0 Å². The summed E-state index contributed by atoms with van der Waals surface area (Å²) in [5.74, 6) is 0.178. The lowest BCUT2D eigenvalue weighted by molar-refractivity contribution is -0.138. The first-order valence-corrected chi connectivity index (χ1v) is 7.76. The second-order valence-electron chi connectivity index (χ2n) is 5.47. The number of rotatable bonds is 3. The average molecular weight is 303 g/mol. The van der Waals surface area contributed by atoms with E-state index in [-0.39, 0.29) is 5.92 Å². The van der Waals surface area contributed by atoms with Gasteiger partial charge in [0.1, 0.15) is 5.82 Å². The highest BCUT2D eigenvalue weighted by molar-refractivity contribution is 7.09. The lowest BCUT2D eigenvalue weighted by Gasteiger charge is -2.34. The van der Waals surface area contributed by atoms with Gasteiger partial charge in [0.15, 0.2) is 6.04 Å². The Hall–Kier alpha value is -1.95. The predicted molar refractivity (Wildman–Crippen MR) is 81.9 cm³/mol. The summed E-state index contributed by atoms with van der Waals surface area (Å²) in [6, 6.07) is 7.06. The van der Waals surface area contributed by atoms with Gasteiger partial charge < -0.3 is 10.0 Å². The molecule has 0 amide bonds. The molecule has 1 aromatic heterocycles. The van der Waals surface area contributed by atoms with Crippen LogP contribution >= 0.6 is 11.5 Å². The molecule has 0 fully saturated rings. The van der Waals surface area contributed by atoms with E-state index in [9.17, 15) is 9.90 Å². The topological polar surface area (TPSA) is 66.3 Å². The van der Waals surface area contributed by atoms with Crippen molar-refractivity contribution in [2.75, 3.05) is 11.4 Å². The van der Waals surface area contributed by atoms with Gasteiger partial charge in [-0.2, -0.15) is 4.37 Å². The Morgan fingerprint density at radius 2 is 2.19 bits per heavy atom. The molecule has 21 heavy (non-hydrogen) atoms. The molecular formula is C15H17N3O2S. The molecule has 1 aromatic carbocycles. The van der Waals surface area contributed by atoms with Gasteiger partial charge in [-0.05, 0) is 17.5 Å². The molecular weight excluding hydrogens is 286 g/mol. The summed E-state index contributed by atoms with van der Waals surface area (Å²) in [6.07, 6.45) is 0.830. The van der Waals surface area contributed by atoms with Crippen molar-refractivity contribution in [2.45, 2.75) is 32.2 Å². The molecule has 0 saturated carbocycles. The number of hydrogen-bond acceptors (Lipinski definition) is 5. The monoisotopic (exact) mass is 303 g/mol. The molecule has 5 nitrogen and oxygen atoms in total. The van der Waals surface area contributed by atoms with Crippen molar-refractivity contribution in [3.8, 4) is 0 Å². The highest BCUT2D eigenvalue weighted by Gasteiger charge is 2.34. The van der Waals surface area contributed by atoms with E-state index >= 15 is 0 Å². The Morgan fingerprint density at radius 1 is 1.43 bits per heavy atom. The second-order valence-corrected chi connectivity index (χ2v) is 6.20. The summed E-state index contributed by atoms with van der Waals surface area (Å²) in [7, 11) is 0. The van der Waals surface area contributed by atoms with Gasteiger partial charge in [0.25, 0.3) is 0 Å². The van der Waals surface area contributed by atoms with Crippen LogP contribution in [0.15, 0.2) is 24.3 Å². The number of fused-ring (bicyclic) bond motifs is 1. The van der Waals surface area contributed by atoms with Gasteiger partial charge in [0, 0.05) is 24.0 Å². The molecule has 1 N–H and O–H groups in total. The largest absolute Gasteiger partial charge is 0.479 e. The van der Waals surface area contributed by atoms with Crippen molar-refractivity contribution >= 4 is 22.6 Å². The molecule has 110 valence electrons. The van der Waals surface area contributed by atoms with Crippen LogP contribution in [0.1, 0.15) is 42.8 Å². The van der Waals surface area contributed by atoms with Gasteiger partial charge in [0.05, 0.1) is 0 Å². The van der Waals surface area contributed by atoms with Crippen LogP contribution in [0, 0.1) is 0 Å². The Kier molecular flexibility index (Phi) is 3.63. The van der Waals surface area contributed by atoms with Crippen molar-refractivity contribution in [3.63, 3.8) is 0 Å². The van der Waals surface area contributed by atoms with Gasteiger partial charge in [-0.1, -0.05) is 38.1 Å². The zero-order valence-corrected chi connectivity index (χ0v) is 12.8. The number of nitrogens with zero attached hydrogens (tertiary/aromatic N) is 3. The van der Waals surface area contributed by atoms with Crippen LogP contribution in [-0.4, -0.2) is 27.0 Å². The number of aromatic nitrogens is 2. The average Bonchev–Trinajstić information content (AvgIpc) is 2.95. The lowest BCUT2D eigenvalue weighted by Crippen LogP contribution is -2.39. The van der Waals surface area contributed by atoms with Gasteiger partial charge in [-0.3, -0.25) is 0 Å². The highest BCUT2D eigenvalue weighted by atomic mass is 32.1. The van der Waals surface area contributed by atoms with E-state index in [0.29, 0.717) is 11.7 Å². The Morgan fingerprint density at radius 3 is 2.86 bits per heavy atom. The van der Waals surface area contributed by atoms with Crippen molar-refractivity contribution in [1.29, 1.82) is 0 Å². The smallest absolute Gasteiger partial charge is 0.331 e. The maximum Gasteiger partial charge on any atom is 0.331 e. The summed E-state index contributed by atoms with van der Waals surface area (Å²) in [4.78, 5) is 18.1. The van der Waals surface area contributed by atoms with E-state index in [0.717, 1.165) is 23.4 Å². The zero-order chi connectivity index (χ0) is 15.0. The maximum absolute atomic E-state index is 11.8. The van der Waals surface area contributed by atoms with Crippen LogP contribution < -0.4 is 4.90 Å². The fraction of sp³-hybridized carbons (Fsp3) is 0.400. The molecule has 1 atom stereocenters. The molecule has 1 aliphatic heterocycles. The minimum absolute atomic E-state index is 0.246. The molecule has 0 radical (unpaired) electrons. The minimum Gasteiger partial charge on any atom is -0.479 e. The standard InChI is InChI=1S/C15H17N3O2S/c1-9(2)13-16-15(21-17-13)18-8-7-10-5-3-4-6-11(10)12(18)14(19)20/h3-6,9,12H,7-8H2,1-2H3,(H,19,20). The number of anilines is 1. The van der Waals surface area contributed by atoms with E-state index in [1.807, 2.05) is 43.0 Å². The highest BCUT2D eigenvalue weighted by Crippen LogP contribution is 2.35. The molecule has 3 rings (SSSR count). The Labute approximate surface area is 127 Å². The number of benzene rings is 1. The van der Waals surface area contributed by atoms with Gasteiger partial charge >= 0.3 is 5.97 Å². The Balaban J connectivity index is 2.00. The van der Waals surface area contributed by atoms with E-state index in [2.05, 4.69) is 9.36 Å². The summed E-state index contributed by atoms with van der Waals surface area (Å²) < 4.78 is 4.34. The van der Waals surface area contributed by atoms with E-state index in [1.165, 1.54) is 11.5 Å². The van der Waals surface area contributed by atoms with Gasteiger partial charge in [-0.15, -0.1) is 0 Å². The predicted octanol–water partition coefficient (Wildman–Crippen LogP) is 2.85. The van der Waals surface area contributed by atoms with Crippen LogP contribution in [0.3, 0.4) is 0 Å². The van der Waals surface area contributed by atoms with Crippen LogP contribution in [-0.2, 0) is 11.2 Å². The molecule has 0 bridgehead atoms. The molecule has 2 aromatic rings. The van der Waals surface area contributed by atoms with Crippen molar-refractivity contribution < 1.29 is 9.90 Å². The summed E-state index contributed by atoms with van der Waals surface area (Å²) in [5.41, 5.74) is 1.97. The number of carboxylic acid groups (broad SMARTS) is 1. The summed E-state index contributed by atoms with van der Waals surface area (Å²) in [5, 5.41) is 10.3. The zero-order valence-electron chi connectivity index (χ0n) is 12.0. The number of aliphatic carboxylic acids is 1. The lowest BCUT2D eigenvalue weighted by atomic mass is 9.93. The first-order chi connectivity index (χ1) is 10.1. The minimum atomic E-state index is -0.844. The molecule has 6 heteroatoms. The number of hydrogen-bond donors (Lipinski definition) is 1. The SMILES string of the molecule is CC(C)c1nsc(N2CCc3ccccc3C2C(=O)O)n1. The maximum atomic E-state index is 11.8. The van der Waals surface area contributed by atoms with Crippen molar-refractivity contribution in [2.24, 2.45) is 0 Å². The van der Waals surface area contributed by atoms with Crippen LogP contribution in [0.5, 0.6) is 0 Å². The van der Waals surface area contributed by atoms with Crippen molar-refractivity contribution in [3.05, 3.63) is 41.2 Å². The fourth-order valence-corrected chi connectivity index (χ4v) is 3.48. The van der Waals surface area contributed by atoms with Crippen molar-refractivity contribution in [1.82, 2.24) is 9.36 Å². The van der Waals surface area contributed by atoms with E-state index < -0.39 is 12.0 Å². The van der Waals surface area contributed by atoms with E-state index in [4.69, 9.17) is 0 Å². The van der Waals surface area contributed by atoms with Crippen LogP contribution in [0.4, 0.5) is 5.13 Å². The normalized spacial score (nSPS) is 17.9. The molecule has 1 aliphatic rings. The van der Waals surface area contributed by atoms with Crippen LogP contribution in [0.25, 0.3) is 0 Å². The first-order valence-electron chi connectivity index (χ1n) is 6.98. The third-order valence-corrected chi connectivity index (χ3v) is 4.48.